The minimum absolute atomic E-state index is 0. The highest BCUT2D eigenvalue weighted by Gasteiger charge is 2.51. The lowest BCUT2D eigenvalue weighted by Crippen LogP contribution is -2.59. The summed E-state index contributed by atoms with van der Waals surface area (Å²) in [7, 11) is 0. The zero-order valence-electron chi connectivity index (χ0n) is 16.7. The van der Waals surface area contributed by atoms with E-state index in [1.54, 1.807) is 0 Å². The highest BCUT2D eigenvalue weighted by atomic mass is 35.5. The van der Waals surface area contributed by atoms with Crippen molar-refractivity contribution < 1.29 is 14.3 Å². The Morgan fingerprint density at radius 2 is 2.07 bits per heavy atom. The van der Waals surface area contributed by atoms with Crippen LogP contribution in [0.25, 0.3) is 0 Å². The van der Waals surface area contributed by atoms with Crippen LogP contribution in [0.5, 0.6) is 5.75 Å². The molecule has 3 aliphatic rings. The van der Waals surface area contributed by atoms with E-state index < -0.39 is 5.41 Å². The number of carbonyl (C=O) groups is 1. The van der Waals surface area contributed by atoms with Gasteiger partial charge in [0, 0.05) is 11.5 Å². The molecule has 27 heavy (non-hydrogen) atoms. The van der Waals surface area contributed by atoms with Gasteiger partial charge in [-0.15, -0.1) is 12.4 Å². The van der Waals surface area contributed by atoms with Crippen LogP contribution in [0.15, 0.2) is 18.2 Å². The van der Waals surface area contributed by atoms with Gasteiger partial charge in [0.25, 0.3) is 0 Å². The van der Waals surface area contributed by atoms with Crippen LogP contribution in [-0.2, 0) is 21.4 Å². The molecule has 1 N–H and O–H groups in total. The molecule has 0 amide bonds. The molecule has 5 heteroatoms. The molecule has 0 aromatic heterocycles. The van der Waals surface area contributed by atoms with Crippen molar-refractivity contribution in [1.29, 1.82) is 0 Å². The van der Waals surface area contributed by atoms with E-state index >= 15 is 0 Å². The summed E-state index contributed by atoms with van der Waals surface area (Å²) in [5, 5.41) is 3.77. The second-order valence-corrected chi connectivity index (χ2v) is 9.29. The maximum Gasteiger partial charge on any atom is 0.314 e. The highest BCUT2D eigenvalue weighted by molar-refractivity contribution is 5.85. The predicted octanol–water partition coefficient (Wildman–Crippen LogP) is 4.38. The third-order valence-electron chi connectivity index (χ3n) is 6.65. The van der Waals surface area contributed by atoms with Gasteiger partial charge in [-0.1, -0.05) is 18.9 Å². The largest absolute Gasteiger partial charge is 0.457 e. The molecule has 2 bridgehead atoms. The zero-order chi connectivity index (χ0) is 18.4. The molecule has 2 aliphatic carbocycles. The molecule has 1 aromatic rings. The van der Waals surface area contributed by atoms with E-state index in [9.17, 15) is 4.79 Å². The number of hydrogen-bond donors (Lipinski definition) is 1. The van der Waals surface area contributed by atoms with Gasteiger partial charge in [0.05, 0.1) is 5.41 Å². The predicted molar refractivity (Wildman–Crippen MR) is 108 cm³/mol. The lowest BCUT2D eigenvalue weighted by Gasteiger charge is -2.56. The van der Waals surface area contributed by atoms with Crippen molar-refractivity contribution in [3.8, 4) is 5.75 Å². The minimum Gasteiger partial charge on any atom is -0.457 e. The lowest BCUT2D eigenvalue weighted by molar-refractivity contribution is -0.159. The van der Waals surface area contributed by atoms with Crippen molar-refractivity contribution in [3.63, 3.8) is 0 Å². The molecule has 0 radical (unpaired) electrons. The normalized spacial score (nSPS) is 29.0. The molecule has 1 heterocycles. The number of nitrogens with one attached hydrogen (secondary N) is 1. The quantitative estimate of drug-likeness (QED) is 0.611. The first-order valence-electron chi connectivity index (χ1n) is 10.1. The first kappa shape index (κ1) is 20.5. The molecule has 1 saturated carbocycles. The van der Waals surface area contributed by atoms with Crippen LogP contribution in [0.3, 0.4) is 0 Å². The molecule has 1 saturated heterocycles. The summed E-state index contributed by atoms with van der Waals surface area (Å²) in [4.78, 5) is 11.9. The molecule has 1 aromatic carbocycles. The van der Waals surface area contributed by atoms with Gasteiger partial charge < -0.3 is 14.8 Å². The summed E-state index contributed by atoms with van der Waals surface area (Å²) in [5.41, 5.74) is 2.79. The van der Waals surface area contributed by atoms with Crippen LogP contribution in [0.1, 0.15) is 64.0 Å². The average Bonchev–Trinajstić information content (AvgIpc) is 2.61. The Balaban J connectivity index is 0.00000210. The highest BCUT2D eigenvalue weighted by Crippen LogP contribution is 2.54. The van der Waals surface area contributed by atoms with Crippen molar-refractivity contribution >= 4 is 18.4 Å². The Bertz CT molecular complexity index is 695. The smallest absolute Gasteiger partial charge is 0.314 e. The van der Waals surface area contributed by atoms with Gasteiger partial charge >= 0.3 is 5.97 Å². The summed E-state index contributed by atoms with van der Waals surface area (Å²) >= 11 is 0. The van der Waals surface area contributed by atoms with Crippen molar-refractivity contribution in [2.24, 2.45) is 11.3 Å². The number of benzene rings is 1. The number of rotatable bonds is 3. The third-order valence-corrected chi connectivity index (χ3v) is 6.65. The second kappa shape index (κ2) is 7.63. The summed E-state index contributed by atoms with van der Waals surface area (Å²) in [6, 6.07) is 7.12. The topological polar surface area (TPSA) is 47.6 Å². The van der Waals surface area contributed by atoms with Gasteiger partial charge in [0.15, 0.2) is 0 Å². The summed E-state index contributed by atoms with van der Waals surface area (Å²) in [6.07, 6.45) is 7.68. The maximum atomic E-state index is 11.9. The number of ether oxygens (including phenoxy) is 2. The molecule has 0 spiro atoms. The van der Waals surface area contributed by atoms with Crippen LogP contribution < -0.4 is 10.1 Å². The summed E-state index contributed by atoms with van der Waals surface area (Å²) in [6.45, 7) is 6.66. The summed E-state index contributed by atoms with van der Waals surface area (Å²) < 4.78 is 11.1. The average molecular weight is 394 g/mol. The molecule has 150 valence electrons. The van der Waals surface area contributed by atoms with Gasteiger partial charge in [-0.3, -0.25) is 4.79 Å². The van der Waals surface area contributed by atoms with Crippen molar-refractivity contribution in [1.82, 2.24) is 5.32 Å². The summed E-state index contributed by atoms with van der Waals surface area (Å²) in [5.74, 6) is 1.34. The molecular formula is C22H32ClNO3. The fraction of sp³-hybridized carbons (Fsp3) is 0.682. The van der Waals surface area contributed by atoms with E-state index in [1.807, 2.05) is 26.8 Å². The van der Waals surface area contributed by atoms with Gasteiger partial charge in [-0.25, -0.2) is 0 Å². The molecule has 4 rings (SSSR count). The molecule has 4 nitrogen and oxygen atoms in total. The van der Waals surface area contributed by atoms with E-state index in [0.717, 1.165) is 24.6 Å². The number of carbonyl (C=O) groups excluding carboxylic acids is 1. The van der Waals surface area contributed by atoms with Gasteiger partial charge in [-0.05, 0) is 82.2 Å². The van der Waals surface area contributed by atoms with Crippen LogP contribution in [0.2, 0.25) is 0 Å². The second-order valence-electron chi connectivity index (χ2n) is 9.29. The molecular weight excluding hydrogens is 362 g/mol. The Morgan fingerprint density at radius 3 is 2.85 bits per heavy atom. The van der Waals surface area contributed by atoms with E-state index in [4.69, 9.17) is 9.47 Å². The van der Waals surface area contributed by atoms with Gasteiger partial charge in [-0.2, -0.15) is 0 Å². The van der Waals surface area contributed by atoms with Crippen molar-refractivity contribution in [2.75, 3.05) is 13.3 Å². The van der Waals surface area contributed by atoms with Gasteiger partial charge in [0.1, 0.15) is 5.75 Å². The zero-order valence-corrected chi connectivity index (χ0v) is 17.5. The minimum atomic E-state index is -0.502. The fourth-order valence-electron chi connectivity index (χ4n) is 5.36. The number of fused-ring (bicyclic) bond motifs is 1. The third kappa shape index (κ3) is 3.71. The first-order chi connectivity index (χ1) is 12.4. The van der Waals surface area contributed by atoms with E-state index in [-0.39, 0.29) is 25.2 Å². The molecule has 3 atom stereocenters. The fourth-order valence-corrected chi connectivity index (χ4v) is 5.36. The lowest BCUT2D eigenvalue weighted by atomic mass is 9.53. The maximum absolute atomic E-state index is 11.9. The van der Waals surface area contributed by atoms with Crippen LogP contribution in [-0.4, -0.2) is 25.3 Å². The van der Waals surface area contributed by atoms with Crippen molar-refractivity contribution in [3.05, 3.63) is 29.3 Å². The first-order valence-corrected chi connectivity index (χ1v) is 10.1. The van der Waals surface area contributed by atoms with Crippen LogP contribution in [0, 0.1) is 11.3 Å². The molecule has 1 aliphatic heterocycles. The standard InChI is InChI=1S/C22H31NO3.ClH/c1-21(2,3)20(24)26-14-25-16-8-7-15-12-19-17-6-4-5-9-22(17,10-11-23-19)18(15)13-16;/h7-8,13,17,19,23H,4-6,9-12,14H2,1-3H3;1H/t17-,19+,22+;/m0./s1. The number of halogens is 1. The number of piperidine rings is 1. The monoisotopic (exact) mass is 393 g/mol. The van der Waals surface area contributed by atoms with Crippen molar-refractivity contribution in [2.45, 2.75) is 70.8 Å². The number of esters is 1. The van der Waals surface area contributed by atoms with Gasteiger partial charge in [0.2, 0.25) is 6.79 Å². The Morgan fingerprint density at radius 1 is 1.26 bits per heavy atom. The van der Waals surface area contributed by atoms with E-state index in [2.05, 4.69) is 17.4 Å². The van der Waals surface area contributed by atoms with E-state index in [1.165, 1.54) is 43.2 Å². The number of hydrogen-bond acceptors (Lipinski definition) is 4. The van der Waals surface area contributed by atoms with Crippen LogP contribution in [0.4, 0.5) is 0 Å². The SMILES string of the molecule is CC(C)(C)C(=O)OCOc1ccc2c(c1)[C@@]13CCCC[C@H]1[C@@H](C2)NCC3.Cl. The molecule has 0 unspecified atom stereocenters. The van der Waals surface area contributed by atoms with Crippen LogP contribution >= 0.6 is 12.4 Å². The Labute approximate surface area is 168 Å². The van der Waals surface area contributed by atoms with E-state index in [0.29, 0.717) is 11.5 Å². The molecule has 2 fully saturated rings. The Hall–Kier alpha value is -1.26. The Kier molecular flexibility index (Phi) is 5.79.